The predicted molar refractivity (Wildman–Crippen MR) is 308 cm³/mol. The molecule has 0 radical (unpaired) electrons. The van der Waals surface area contributed by atoms with Crippen molar-refractivity contribution in [3.05, 3.63) is 203 Å². The van der Waals surface area contributed by atoms with Gasteiger partial charge < -0.3 is 24.8 Å². The van der Waals surface area contributed by atoms with Crippen molar-refractivity contribution in [1.82, 2.24) is 10.6 Å². The lowest BCUT2D eigenvalue weighted by atomic mass is 9.84. The number of nitrogens with one attached hydrogen (secondary N) is 2. The molecule has 6 aromatic rings. The first-order valence-corrected chi connectivity index (χ1v) is 27.9. The third-order valence-corrected chi connectivity index (χ3v) is 15.5. The summed E-state index contributed by atoms with van der Waals surface area (Å²) in [5.74, 6) is -5.40. The third kappa shape index (κ3) is 16.2. The Hall–Kier alpha value is -7.64. The average molecular weight is 1090 g/mol. The second-order valence-electron chi connectivity index (χ2n) is 22.1. The van der Waals surface area contributed by atoms with Gasteiger partial charge in [-0.1, -0.05) is 170 Å². The molecular weight excluding hydrogens is 1010 g/mol. The molecule has 2 N–H and O–H groups in total. The van der Waals surface area contributed by atoms with Gasteiger partial charge in [0.25, 0.3) is 0 Å². The number of thioether (sulfide) groups is 1. The number of carbonyl (C=O) groups excluding carboxylic acids is 7. The first kappa shape index (κ1) is 59.0. The lowest BCUT2D eigenvalue weighted by molar-refractivity contribution is -0.158. The number of Topliss-reactive ketones (excluding diaryl/α,β-unsaturated/α-hetero) is 3. The zero-order chi connectivity index (χ0) is 56.7. The average Bonchev–Trinajstić information content (AvgIpc) is 4.00. The Labute approximate surface area is 468 Å². The van der Waals surface area contributed by atoms with Crippen molar-refractivity contribution < 1.29 is 47.8 Å². The number of esters is 2. The van der Waals surface area contributed by atoms with E-state index < -0.39 is 88.2 Å². The SMILES string of the molecule is CC(=O)[C@H](CSC(c1ccccc1)(c1ccccc1)c1ccccc1)CC(=O)[C@H](Cc1ccccc1)NC(=O)[C@@H](CC(=O)CC[C@H](NC(=O)OCC1c2ccccc2-c2ccccc21)C(=O)OC(C)(C)C)CC(=O)OC(C)(C)C. The Morgan fingerprint density at radius 1 is 0.544 bits per heavy atom. The number of hydrogen-bond acceptors (Lipinski definition) is 11. The summed E-state index contributed by atoms with van der Waals surface area (Å²) in [5, 5.41) is 5.53. The first-order chi connectivity index (χ1) is 37.7. The second kappa shape index (κ2) is 26.8. The number of alkyl carbamates (subject to hydrolysis) is 1. The molecule has 7 rings (SSSR count). The fourth-order valence-electron chi connectivity index (χ4n) is 10.0. The van der Waals surface area contributed by atoms with Crippen LogP contribution in [-0.2, 0) is 54.1 Å². The maximum Gasteiger partial charge on any atom is 0.407 e. The molecule has 0 spiro atoms. The number of hydrogen-bond donors (Lipinski definition) is 2. The predicted octanol–water partition coefficient (Wildman–Crippen LogP) is 11.9. The normalized spacial score (nSPS) is 13.8. The number of amides is 2. The Morgan fingerprint density at radius 2 is 1.03 bits per heavy atom. The van der Waals surface area contributed by atoms with E-state index in [4.69, 9.17) is 14.2 Å². The third-order valence-electron chi connectivity index (χ3n) is 13.8. The van der Waals surface area contributed by atoms with Crippen molar-refractivity contribution >= 4 is 53.1 Å². The van der Waals surface area contributed by atoms with Crippen LogP contribution < -0.4 is 10.6 Å². The van der Waals surface area contributed by atoms with Gasteiger partial charge in [0, 0.05) is 36.9 Å². The van der Waals surface area contributed by atoms with E-state index in [1.807, 2.05) is 133 Å². The number of fused-ring (bicyclic) bond motifs is 3. The van der Waals surface area contributed by atoms with Crippen LogP contribution in [0.2, 0.25) is 0 Å². The maximum absolute atomic E-state index is 14.8. The summed E-state index contributed by atoms with van der Waals surface area (Å²) in [6.45, 7) is 11.6. The molecule has 0 unspecified atom stereocenters. The molecular formula is C66H72N2O10S. The van der Waals surface area contributed by atoms with E-state index in [-0.39, 0.29) is 49.7 Å². The van der Waals surface area contributed by atoms with Crippen LogP contribution in [-0.4, -0.2) is 76.9 Å². The van der Waals surface area contributed by atoms with Crippen LogP contribution in [0.3, 0.4) is 0 Å². The van der Waals surface area contributed by atoms with Gasteiger partial charge in [-0.2, -0.15) is 0 Å². The molecule has 0 aromatic heterocycles. The topological polar surface area (TPSA) is 171 Å². The summed E-state index contributed by atoms with van der Waals surface area (Å²) in [6, 6.07) is 52.6. The summed E-state index contributed by atoms with van der Waals surface area (Å²) in [6.07, 6.45) is -2.48. The summed E-state index contributed by atoms with van der Waals surface area (Å²) in [7, 11) is 0. The van der Waals surface area contributed by atoms with E-state index in [1.54, 1.807) is 53.3 Å². The van der Waals surface area contributed by atoms with Gasteiger partial charge >= 0.3 is 18.0 Å². The lowest BCUT2D eigenvalue weighted by Gasteiger charge is -2.36. The van der Waals surface area contributed by atoms with Gasteiger partial charge in [-0.3, -0.25) is 24.0 Å². The van der Waals surface area contributed by atoms with E-state index in [9.17, 15) is 33.6 Å². The van der Waals surface area contributed by atoms with E-state index in [0.29, 0.717) is 0 Å². The number of ketones is 3. The number of ether oxygens (including phenoxy) is 3. The first-order valence-electron chi connectivity index (χ1n) is 27.0. The highest BCUT2D eigenvalue weighted by Gasteiger charge is 2.40. The molecule has 0 heterocycles. The maximum atomic E-state index is 14.8. The van der Waals surface area contributed by atoms with E-state index in [1.165, 1.54) is 6.92 Å². The Bertz CT molecular complexity index is 2920. The van der Waals surface area contributed by atoms with Crippen molar-refractivity contribution in [2.24, 2.45) is 11.8 Å². The molecule has 6 aromatic carbocycles. The Morgan fingerprint density at radius 3 is 1.52 bits per heavy atom. The van der Waals surface area contributed by atoms with Gasteiger partial charge in [-0.05, 0) is 106 Å². The van der Waals surface area contributed by atoms with Crippen molar-refractivity contribution in [1.29, 1.82) is 0 Å². The van der Waals surface area contributed by atoms with Crippen LogP contribution in [0.25, 0.3) is 11.1 Å². The Kier molecular flexibility index (Phi) is 20.0. The molecule has 412 valence electrons. The zero-order valence-corrected chi connectivity index (χ0v) is 47.0. The van der Waals surface area contributed by atoms with Crippen LogP contribution in [0.15, 0.2) is 170 Å². The molecule has 4 atom stereocenters. The van der Waals surface area contributed by atoms with Crippen LogP contribution >= 0.6 is 11.8 Å². The molecule has 0 bridgehead atoms. The number of rotatable bonds is 25. The van der Waals surface area contributed by atoms with E-state index >= 15 is 0 Å². The molecule has 79 heavy (non-hydrogen) atoms. The molecule has 1 aliphatic carbocycles. The highest BCUT2D eigenvalue weighted by atomic mass is 32.2. The van der Waals surface area contributed by atoms with Crippen molar-refractivity contribution in [2.45, 2.75) is 121 Å². The molecule has 0 saturated heterocycles. The summed E-state index contributed by atoms with van der Waals surface area (Å²) >= 11 is 1.57. The van der Waals surface area contributed by atoms with E-state index in [0.717, 1.165) is 44.5 Å². The van der Waals surface area contributed by atoms with Gasteiger partial charge in [-0.25, -0.2) is 9.59 Å². The van der Waals surface area contributed by atoms with Crippen LogP contribution in [0, 0.1) is 11.8 Å². The van der Waals surface area contributed by atoms with Gasteiger partial charge in [0.2, 0.25) is 5.91 Å². The highest BCUT2D eigenvalue weighted by Crippen LogP contribution is 2.49. The number of carbonyl (C=O) groups is 7. The molecule has 1 aliphatic rings. The quantitative estimate of drug-likeness (QED) is 0.0318. The fraction of sp³-hybridized carbons (Fsp3) is 0.348. The van der Waals surface area contributed by atoms with Crippen LogP contribution in [0.1, 0.15) is 120 Å². The molecule has 13 heteroatoms. The molecule has 12 nitrogen and oxygen atoms in total. The van der Waals surface area contributed by atoms with Crippen LogP contribution in [0.4, 0.5) is 4.79 Å². The number of benzene rings is 6. The summed E-state index contributed by atoms with van der Waals surface area (Å²) in [5.41, 5.74) is 6.00. The highest BCUT2D eigenvalue weighted by molar-refractivity contribution is 8.00. The minimum absolute atomic E-state index is 0.0130. The van der Waals surface area contributed by atoms with Gasteiger partial charge in [0.1, 0.15) is 35.4 Å². The van der Waals surface area contributed by atoms with E-state index in [2.05, 4.69) is 47.0 Å². The van der Waals surface area contributed by atoms with Crippen molar-refractivity contribution in [3.8, 4) is 11.1 Å². The van der Waals surface area contributed by atoms with Gasteiger partial charge in [-0.15, -0.1) is 11.8 Å². The zero-order valence-electron chi connectivity index (χ0n) is 46.2. The standard InChI is InChI=1S/C66H72N2O10S/c1-44(69)47(43-79-66(48-26-14-9-15-27-48,49-28-16-10-17-29-49)50-30-18-11-19-31-50)40-59(71)58(38-45-24-12-8-13-25-45)67-61(73)46(41-60(72)77-64(2,3)4)39-51(70)36-37-57(62(74)78-65(5,6)7)68-63(75)76-42-56-54-34-22-20-32-52(54)53-33-21-23-35-55(53)56/h8-35,46-47,56-58H,36-43H2,1-7H3,(H,67,73)(H,68,75)/t46-,47-,57-,58-/m0/s1. The van der Waals surface area contributed by atoms with Gasteiger partial charge in [0.05, 0.1) is 23.1 Å². The van der Waals surface area contributed by atoms with Crippen molar-refractivity contribution in [2.75, 3.05) is 12.4 Å². The summed E-state index contributed by atoms with van der Waals surface area (Å²) in [4.78, 5) is 98.0. The minimum Gasteiger partial charge on any atom is -0.460 e. The van der Waals surface area contributed by atoms with Crippen LogP contribution in [0.5, 0.6) is 0 Å². The molecule has 0 fully saturated rings. The monoisotopic (exact) mass is 1080 g/mol. The molecule has 0 saturated carbocycles. The lowest BCUT2D eigenvalue weighted by Crippen LogP contribution is -2.47. The second-order valence-corrected chi connectivity index (χ2v) is 23.4. The largest absolute Gasteiger partial charge is 0.460 e. The van der Waals surface area contributed by atoms with Gasteiger partial charge in [0.15, 0.2) is 5.78 Å². The Balaban J connectivity index is 1.08. The molecule has 2 amide bonds. The van der Waals surface area contributed by atoms with Crippen molar-refractivity contribution in [3.63, 3.8) is 0 Å². The fourth-order valence-corrected chi connectivity index (χ4v) is 11.7. The smallest absolute Gasteiger partial charge is 0.407 e. The minimum atomic E-state index is -1.31. The summed E-state index contributed by atoms with van der Waals surface area (Å²) < 4.78 is 16.3. The molecule has 0 aliphatic heterocycles.